The van der Waals surface area contributed by atoms with E-state index < -0.39 is 5.82 Å². The van der Waals surface area contributed by atoms with Crippen LogP contribution in [-0.2, 0) is 9.59 Å². The predicted molar refractivity (Wildman–Crippen MR) is 68.6 cm³/mol. The van der Waals surface area contributed by atoms with Crippen LogP contribution in [-0.4, -0.2) is 12.3 Å². The number of rotatable bonds is 5. The van der Waals surface area contributed by atoms with Gasteiger partial charge in [-0.15, -0.1) is 0 Å². The maximum Gasteiger partial charge on any atom is 0.254 e. The van der Waals surface area contributed by atoms with Crippen LogP contribution < -0.4 is 10.2 Å². The zero-order valence-electron chi connectivity index (χ0n) is 9.89. The van der Waals surface area contributed by atoms with Crippen LogP contribution in [0.1, 0.15) is 6.92 Å². The molecule has 2 amide bonds. The van der Waals surface area contributed by atoms with Gasteiger partial charge in [0.25, 0.3) is 5.91 Å². The van der Waals surface area contributed by atoms with Crippen LogP contribution in [0.5, 0.6) is 0 Å². The first kappa shape index (κ1) is 13.6. The molecule has 0 aromatic heterocycles. The molecule has 0 aliphatic heterocycles. The molecule has 1 rings (SSSR count). The van der Waals surface area contributed by atoms with Crippen LogP contribution in [0.3, 0.4) is 0 Å². The molecular formula is C13H13FN2O2. The van der Waals surface area contributed by atoms with Crippen molar-refractivity contribution in [3.63, 3.8) is 0 Å². The lowest BCUT2D eigenvalue weighted by atomic mass is 10.2. The molecule has 18 heavy (non-hydrogen) atoms. The van der Waals surface area contributed by atoms with Gasteiger partial charge in [0.15, 0.2) is 0 Å². The Morgan fingerprint density at radius 1 is 1.50 bits per heavy atom. The largest absolute Gasteiger partial charge is 0.326 e. The number of carbonyl (C=O) groups is 2. The summed E-state index contributed by atoms with van der Waals surface area (Å²) < 4.78 is 13.6. The number of carbonyl (C=O) groups excluding carboxylic acids is 2. The maximum atomic E-state index is 13.6. The molecule has 1 aromatic carbocycles. The fourth-order valence-corrected chi connectivity index (χ4v) is 1.38. The van der Waals surface area contributed by atoms with E-state index in [9.17, 15) is 14.0 Å². The van der Waals surface area contributed by atoms with Crippen molar-refractivity contribution >= 4 is 23.7 Å². The first-order valence-electron chi connectivity index (χ1n) is 5.22. The Bertz CT molecular complexity index is 498. The minimum atomic E-state index is -0.625. The van der Waals surface area contributed by atoms with Gasteiger partial charge in [-0.25, -0.2) is 4.39 Å². The Morgan fingerprint density at radius 2 is 2.22 bits per heavy atom. The molecule has 0 unspecified atom stereocenters. The summed E-state index contributed by atoms with van der Waals surface area (Å²) in [5.74, 6) is -0.956. The van der Waals surface area contributed by atoms with E-state index in [0.717, 1.165) is 6.07 Å². The van der Waals surface area contributed by atoms with Crippen molar-refractivity contribution in [2.24, 2.45) is 0 Å². The molecule has 1 aromatic rings. The number of nitrogens with one attached hydrogen (secondary N) is 1. The van der Waals surface area contributed by atoms with Crippen LogP contribution in [0.2, 0.25) is 0 Å². The van der Waals surface area contributed by atoms with E-state index in [1.165, 1.54) is 29.3 Å². The lowest BCUT2D eigenvalue weighted by Crippen LogP contribution is -2.22. The third-order valence-corrected chi connectivity index (χ3v) is 2.17. The highest BCUT2D eigenvalue weighted by atomic mass is 19.1. The van der Waals surface area contributed by atoms with Gasteiger partial charge in [-0.05, 0) is 25.1 Å². The van der Waals surface area contributed by atoms with Crippen LogP contribution in [0.15, 0.2) is 43.1 Å². The molecule has 94 valence electrons. The van der Waals surface area contributed by atoms with E-state index in [0.29, 0.717) is 12.1 Å². The van der Waals surface area contributed by atoms with Gasteiger partial charge in [0.05, 0.1) is 11.4 Å². The normalized spacial score (nSPS) is 10.1. The first-order chi connectivity index (χ1) is 8.63. The Labute approximate surface area is 104 Å². The van der Waals surface area contributed by atoms with Gasteiger partial charge in [-0.3, -0.25) is 14.5 Å². The van der Waals surface area contributed by atoms with E-state index in [1.54, 1.807) is 13.0 Å². The van der Waals surface area contributed by atoms with E-state index in [-0.39, 0.29) is 11.6 Å². The van der Waals surface area contributed by atoms with Crippen LogP contribution in [0.4, 0.5) is 15.8 Å². The van der Waals surface area contributed by atoms with E-state index in [1.807, 2.05) is 0 Å². The van der Waals surface area contributed by atoms with Crippen LogP contribution in [0, 0.1) is 5.82 Å². The van der Waals surface area contributed by atoms with Crippen LogP contribution in [0.25, 0.3) is 0 Å². The van der Waals surface area contributed by atoms with Gasteiger partial charge in [0.1, 0.15) is 5.82 Å². The molecule has 0 fully saturated rings. The Morgan fingerprint density at radius 3 is 2.72 bits per heavy atom. The Kier molecular flexibility index (Phi) is 4.80. The van der Waals surface area contributed by atoms with E-state index >= 15 is 0 Å². The maximum absolute atomic E-state index is 13.6. The SMILES string of the molecule is C=CN(C(=O)/C=C\C)c1ccc(NC=O)c(F)c1. The number of amides is 2. The Balaban J connectivity index is 3.08. The van der Waals surface area contributed by atoms with Crippen molar-refractivity contribution in [2.45, 2.75) is 6.92 Å². The number of nitrogens with zero attached hydrogens (tertiary/aromatic N) is 1. The second kappa shape index (κ2) is 6.34. The minimum absolute atomic E-state index is 0.0521. The number of anilines is 2. The zero-order valence-corrected chi connectivity index (χ0v) is 9.89. The minimum Gasteiger partial charge on any atom is -0.326 e. The van der Waals surface area contributed by atoms with Crippen molar-refractivity contribution in [1.82, 2.24) is 0 Å². The van der Waals surface area contributed by atoms with E-state index in [4.69, 9.17) is 0 Å². The van der Waals surface area contributed by atoms with Gasteiger partial charge in [0, 0.05) is 12.3 Å². The van der Waals surface area contributed by atoms with Gasteiger partial charge in [-0.1, -0.05) is 12.7 Å². The van der Waals surface area contributed by atoms with Gasteiger partial charge in [0.2, 0.25) is 6.41 Å². The topological polar surface area (TPSA) is 49.4 Å². The fourth-order valence-electron chi connectivity index (χ4n) is 1.38. The lowest BCUT2D eigenvalue weighted by molar-refractivity contribution is -0.113. The molecule has 1 N–H and O–H groups in total. The van der Waals surface area contributed by atoms with Crippen molar-refractivity contribution in [3.8, 4) is 0 Å². The molecule has 5 heteroatoms. The molecule has 0 spiro atoms. The Hall–Kier alpha value is -2.43. The van der Waals surface area contributed by atoms with Crippen molar-refractivity contribution in [2.75, 3.05) is 10.2 Å². The third-order valence-electron chi connectivity index (χ3n) is 2.17. The molecule has 0 atom stereocenters. The average Bonchev–Trinajstić information content (AvgIpc) is 2.34. The third kappa shape index (κ3) is 3.04. The highest BCUT2D eigenvalue weighted by molar-refractivity contribution is 6.02. The summed E-state index contributed by atoms with van der Waals surface area (Å²) in [6.45, 7) is 5.21. The van der Waals surface area contributed by atoms with E-state index in [2.05, 4.69) is 11.9 Å². The standard InChI is InChI=1S/C13H13FN2O2/c1-3-5-13(18)16(4-2)10-6-7-12(15-9-17)11(14)8-10/h3-9H,2H2,1H3,(H,15,17)/b5-3-. The number of hydrogen-bond donors (Lipinski definition) is 1. The summed E-state index contributed by atoms with van der Waals surface area (Å²) in [5.41, 5.74) is 0.387. The molecule has 0 heterocycles. The molecule has 4 nitrogen and oxygen atoms in total. The highest BCUT2D eigenvalue weighted by Gasteiger charge is 2.11. The summed E-state index contributed by atoms with van der Waals surface area (Å²) in [5, 5.41) is 2.22. The summed E-state index contributed by atoms with van der Waals surface area (Å²) in [4.78, 5) is 23.1. The molecule has 0 saturated carbocycles. The average molecular weight is 248 g/mol. The predicted octanol–water partition coefficient (Wildman–Crippen LogP) is 2.45. The zero-order chi connectivity index (χ0) is 13.5. The molecule has 0 aliphatic carbocycles. The van der Waals surface area contributed by atoms with Crippen molar-refractivity contribution in [3.05, 3.63) is 48.9 Å². The number of benzene rings is 1. The number of halogens is 1. The molecular weight excluding hydrogens is 235 g/mol. The summed E-state index contributed by atoms with van der Waals surface area (Å²) in [7, 11) is 0. The monoisotopic (exact) mass is 248 g/mol. The van der Waals surface area contributed by atoms with Crippen molar-refractivity contribution < 1.29 is 14.0 Å². The quantitative estimate of drug-likeness (QED) is 0.642. The summed E-state index contributed by atoms with van der Waals surface area (Å²) >= 11 is 0. The summed E-state index contributed by atoms with van der Waals surface area (Å²) in [6.07, 6.45) is 4.60. The summed E-state index contributed by atoms with van der Waals surface area (Å²) in [6, 6.07) is 4.03. The molecule has 0 aliphatic rings. The van der Waals surface area contributed by atoms with Crippen LogP contribution >= 0.6 is 0 Å². The number of hydrogen-bond acceptors (Lipinski definition) is 2. The smallest absolute Gasteiger partial charge is 0.254 e. The van der Waals surface area contributed by atoms with Gasteiger partial charge < -0.3 is 5.32 Å². The second-order valence-electron chi connectivity index (χ2n) is 3.32. The van der Waals surface area contributed by atoms with Crippen molar-refractivity contribution in [1.29, 1.82) is 0 Å². The second-order valence-corrected chi connectivity index (χ2v) is 3.32. The molecule has 0 bridgehead atoms. The van der Waals surface area contributed by atoms with Gasteiger partial charge >= 0.3 is 0 Å². The first-order valence-corrected chi connectivity index (χ1v) is 5.22. The molecule has 0 radical (unpaired) electrons. The fraction of sp³-hybridized carbons (Fsp3) is 0.0769. The molecule has 0 saturated heterocycles. The number of allylic oxidation sites excluding steroid dienone is 1. The highest BCUT2D eigenvalue weighted by Crippen LogP contribution is 2.22. The lowest BCUT2D eigenvalue weighted by Gasteiger charge is -2.16. The van der Waals surface area contributed by atoms with Gasteiger partial charge in [-0.2, -0.15) is 0 Å².